The van der Waals surface area contributed by atoms with Crippen molar-refractivity contribution in [3.8, 4) is 0 Å². The molecular weight excluding hydrogens is 258 g/mol. The van der Waals surface area contributed by atoms with Crippen LogP contribution >= 0.6 is 0 Å². The second-order valence-corrected chi connectivity index (χ2v) is 6.06. The Bertz CT molecular complexity index is 521. The van der Waals surface area contributed by atoms with Crippen LogP contribution in [0.4, 0.5) is 0 Å². The topological polar surface area (TPSA) is 29.9 Å². The SMILES string of the molecule is CCCNC1CCC(c2ccccc2)CC1n1ccnc1. The van der Waals surface area contributed by atoms with E-state index >= 15 is 0 Å². The minimum atomic E-state index is 0.512. The molecule has 1 saturated carbocycles. The van der Waals surface area contributed by atoms with Gasteiger partial charge in [-0.1, -0.05) is 37.3 Å². The third kappa shape index (κ3) is 3.35. The molecule has 1 fully saturated rings. The van der Waals surface area contributed by atoms with Crippen molar-refractivity contribution >= 4 is 0 Å². The first kappa shape index (κ1) is 14.3. The summed E-state index contributed by atoms with van der Waals surface area (Å²) < 4.78 is 2.29. The lowest BCUT2D eigenvalue weighted by Crippen LogP contribution is -2.41. The third-order valence-corrected chi connectivity index (χ3v) is 4.65. The van der Waals surface area contributed by atoms with E-state index in [9.17, 15) is 0 Å². The highest BCUT2D eigenvalue weighted by Gasteiger charge is 2.31. The average Bonchev–Trinajstić information content (AvgIpc) is 3.08. The Morgan fingerprint density at radius 3 is 2.81 bits per heavy atom. The van der Waals surface area contributed by atoms with E-state index in [4.69, 9.17) is 0 Å². The molecule has 3 heteroatoms. The standard InChI is InChI=1S/C18H25N3/c1-2-10-20-17-9-8-16(15-6-4-3-5-7-15)13-18(17)21-12-11-19-14-21/h3-7,11-12,14,16-18,20H,2,8-10,13H2,1H3. The van der Waals surface area contributed by atoms with Crippen molar-refractivity contribution in [2.75, 3.05) is 6.54 Å². The number of nitrogens with one attached hydrogen (secondary N) is 1. The maximum Gasteiger partial charge on any atom is 0.0949 e. The van der Waals surface area contributed by atoms with Crippen LogP contribution in [0.25, 0.3) is 0 Å². The van der Waals surface area contributed by atoms with Gasteiger partial charge in [-0.3, -0.25) is 0 Å². The summed E-state index contributed by atoms with van der Waals surface area (Å²) in [5.74, 6) is 0.665. The van der Waals surface area contributed by atoms with Crippen molar-refractivity contribution in [3.05, 3.63) is 54.6 Å². The van der Waals surface area contributed by atoms with Gasteiger partial charge in [0.25, 0.3) is 0 Å². The maximum atomic E-state index is 4.25. The number of nitrogens with zero attached hydrogens (tertiary/aromatic N) is 2. The molecule has 3 atom stereocenters. The van der Waals surface area contributed by atoms with Gasteiger partial charge in [-0.05, 0) is 43.7 Å². The van der Waals surface area contributed by atoms with Gasteiger partial charge in [0.2, 0.25) is 0 Å². The van der Waals surface area contributed by atoms with Gasteiger partial charge in [0.1, 0.15) is 0 Å². The van der Waals surface area contributed by atoms with E-state index in [0.29, 0.717) is 18.0 Å². The molecule has 3 unspecified atom stereocenters. The zero-order chi connectivity index (χ0) is 14.5. The molecule has 0 radical (unpaired) electrons. The number of rotatable bonds is 5. The third-order valence-electron chi connectivity index (χ3n) is 4.65. The Morgan fingerprint density at radius 1 is 1.24 bits per heavy atom. The van der Waals surface area contributed by atoms with Gasteiger partial charge in [-0.25, -0.2) is 4.98 Å². The molecule has 0 saturated heterocycles. The van der Waals surface area contributed by atoms with Crippen molar-refractivity contribution in [2.24, 2.45) is 0 Å². The number of benzene rings is 1. The summed E-state index contributed by atoms with van der Waals surface area (Å²) in [7, 11) is 0. The largest absolute Gasteiger partial charge is 0.333 e. The van der Waals surface area contributed by atoms with Crippen molar-refractivity contribution in [1.29, 1.82) is 0 Å². The predicted octanol–water partition coefficient (Wildman–Crippen LogP) is 3.76. The van der Waals surface area contributed by atoms with E-state index in [0.717, 1.165) is 6.54 Å². The van der Waals surface area contributed by atoms with Gasteiger partial charge in [-0.15, -0.1) is 0 Å². The number of imidazole rings is 1. The zero-order valence-corrected chi connectivity index (χ0v) is 12.8. The number of aromatic nitrogens is 2. The highest BCUT2D eigenvalue weighted by Crippen LogP contribution is 2.38. The molecule has 0 amide bonds. The first-order chi connectivity index (χ1) is 10.4. The van der Waals surface area contributed by atoms with Crippen LogP contribution in [0.1, 0.15) is 50.1 Å². The molecule has 1 heterocycles. The van der Waals surface area contributed by atoms with Crippen molar-refractivity contribution in [3.63, 3.8) is 0 Å². The summed E-state index contributed by atoms with van der Waals surface area (Å²) in [6, 6.07) is 12.0. The maximum absolute atomic E-state index is 4.25. The smallest absolute Gasteiger partial charge is 0.0949 e. The number of hydrogen-bond donors (Lipinski definition) is 1. The first-order valence-corrected chi connectivity index (χ1v) is 8.14. The van der Waals surface area contributed by atoms with E-state index < -0.39 is 0 Å². The lowest BCUT2D eigenvalue weighted by atomic mass is 9.78. The summed E-state index contributed by atoms with van der Waals surface area (Å²) in [5, 5.41) is 3.73. The Balaban J connectivity index is 1.76. The van der Waals surface area contributed by atoms with E-state index in [-0.39, 0.29) is 0 Å². The van der Waals surface area contributed by atoms with Gasteiger partial charge < -0.3 is 9.88 Å². The first-order valence-electron chi connectivity index (χ1n) is 8.14. The average molecular weight is 283 g/mol. The van der Waals surface area contributed by atoms with E-state index in [2.05, 4.69) is 58.3 Å². The van der Waals surface area contributed by atoms with Crippen molar-refractivity contribution in [1.82, 2.24) is 14.9 Å². The Hall–Kier alpha value is -1.61. The van der Waals surface area contributed by atoms with Gasteiger partial charge in [0.15, 0.2) is 0 Å². The van der Waals surface area contributed by atoms with Crippen LogP contribution in [0, 0.1) is 0 Å². The molecule has 0 spiro atoms. The molecule has 1 aromatic carbocycles. The van der Waals surface area contributed by atoms with Gasteiger partial charge in [0, 0.05) is 18.4 Å². The minimum Gasteiger partial charge on any atom is -0.333 e. The van der Waals surface area contributed by atoms with E-state index in [1.165, 1.54) is 31.2 Å². The Labute approximate surface area is 127 Å². The highest BCUT2D eigenvalue weighted by molar-refractivity contribution is 5.20. The minimum absolute atomic E-state index is 0.512. The lowest BCUT2D eigenvalue weighted by molar-refractivity contribution is 0.241. The molecule has 1 aromatic heterocycles. The fraction of sp³-hybridized carbons (Fsp3) is 0.500. The second-order valence-electron chi connectivity index (χ2n) is 6.06. The molecule has 1 aliphatic carbocycles. The molecule has 1 N–H and O–H groups in total. The number of hydrogen-bond acceptors (Lipinski definition) is 2. The highest BCUT2D eigenvalue weighted by atomic mass is 15.1. The molecule has 1 aliphatic rings. The monoisotopic (exact) mass is 283 g/mol. The summed E-state index contributed by atoms with van der Waals surface area (Å²) in [6.07, 6.45) is 10.9. The summed E-state index contributed by atoms with van der Waals surface area (Å²) in [5.41, 5.74) is 1.48. The molecule has 0 aliphatic heterocycles. The van der Waals surface area contributed by atoms with Crippen LogP contribution in [0.2, 0.25) is 0 Å². The Morgan fingerprint density at radius 2 is 2.10 bits per heavy atom. The fourth-order valence-electron chi connectivity index (χ4n) is 3.54. The molecule has 21 heavy (non-hydrogen) atoms. The summed E-state index contributed by atoms with van der Waals surface area (Å²) in [6.45, 7) is 3.33. The van der Waals surface area contributed by atoms with Gasteiger partial charge in [-0.2, -0.15) is 0 Å². The van der Waals surface area contributed by atoms with Crippen LogP contribution in [0.5, 0.6) is 0 Å². The van der Waals surface area contributed by atoms with Crippen molar-refractivity contribution in [2.45, 2.75) is 50.6 Å². The second kappa shape index (κ2) is 6.90. The molecule has 3 rings (SSSR count). The zero-order valence-electron chi connectivity index (χ0n) is 12.8. The molecular formula is C18H25N3. The molecule has 2 aromatic rings. The van der Waals surface area contributed by atoms with Crippen LogP contribution < -0.4 is 5.32 Å². The quantitative estimate of drug-likeness (QED) is 0.905. The van der Waals surface area contributed by atoms with Crippen LogP contribution in [0.3, 0.4) is 0 Å². The lowest BCUT2D eigenvalue weighted by Gasteiger charge is -2.37. The Kier molecular flexibility index (Phi) is 4.71. The van der Waals surface area contributed by atoms with Crippen molar-refractivity contribution < 1.29 is 0 Å². The molecule has 0 bridgehead atoms. The van der Waals surface area contributed by atoms with Crippen LogP contribution in [-0.4, -0.2) is 22.1 Å². The molecule has 112 valence electrons. The van der Waals surface area contributed by atoms with E-state index in [1.54, 1.807) is 0 Å². The van der Waals surface area contributed by atoms with Crippen LogP contribution in [-0.2, 0) is 0 Å². The van der Waals surface area contributed by atoms with E-state index in [1.807, 2.05) is 12.5 Å². The fourth-order valence-corrected chi connectivity index (χ4v) is 3.54. The van der Waals surface area contributed by atoms with Crippen LogP contribution in [0.15, 0.2) is 49.1 Å². The summed E-state index contributed by atoms with van der Waals surface area (Å²) in [4.78, 5) is 4.25. The molecule has 3 nitrogen and oxygen atoms in total. The normalized spacial score (nSPS) is 25.9. The van der Waals surface area contributed by atoms with Gasteiger partial charge >= 0.3 is 0 Å². The predicted molar refractivity (Wildman–Crippen MR) is 86.4 cm³/mol. The van der Waals surface area contributed by atoms with Gasteiger partial charge in [0.05, 0.1) is 12.4 Å². The summed E-state index contributed by atoms with van der Waals surface area (Å²) >= 11 is 0.